The molecule has 1 heterocycles. The highest BCUT2D eigenvalue weighted by Crippen LogP contribution is 2.46. The van der Waals surface area contributed by atoms with Crippen molar-refractivity contribution in [2.24, 2.45) is 7.05 Å². The maximum absolute atomic E-state index is 11.0. The van der Waals surface area contributed by atoms with E-state index in [4.69, 9.17) is 0 Å². The summed E-state index contributed by atoms with van der Waals surface area (Å²) >= 11 is 0. The number of aliphatic hydroxyl groups is 1. The van der Waals surface area contributed by atoms with Crippen LogP contribution in [0.15, 0.2) is 30.5 Å². The van der Waals surface area contributed by atoms with Crippen molar-refractivity contribution >= 4 is 0 Å². The van der Waals surface area contributed by atoms with Gasteiger partial charge in [0, 0.05) is 18.8 Å². The smallest absolute Gasteiger partial charge is 0.113 e. The van der Waals surface area contributed by atoms with Gasteiger partial charge in [0.1, 0.15) is 11.5 Å². The molecule has 2 unspecified atom stereocenters. The number of rotatable bonds is 2. The van der Waals surface area contributed by atoms with Gasteiger partial charge < -0.3 is 5.11 Å². The van der Waals surface area contributed by atoms with Crippen molar-refractivity contribution in [3.8, 4) is 6.07 Å². The largest absolute Gasteiger partial charge is 0.386 e. The first-order valence-electron chi connectivity index (χ1n) is 7.26. The molecule has 3 rings (SSSR count). The van der Waals surface area contributed by atoms with Gasteiger partial charge in [-0.25, -0.2) is 0 Å². The topological polar surface area (TPSA) is 61.8 Å². The maximum Gasteiger partial charge on any atom is 0.113 e. The van der Waals surface area contributed by atoms with Crippen molar-refractivity contribution < 1.29 is 5.11 Å². The Morgan fingerprint density at radius 2 is 2.19 bits per heavy atom. The van der Waals surface area contributed by atoms with E-state index < -0.39 is 11.5 Å². The number of fused-ring (bicyclic) bond motifs is 1. The first-order chi connectivity index (χ1) is 10.1. The lowest BCUT2D eigenvalue weighted by Crippen LogP contribution is -2.36. The lowest BCUT2D eigenvalue weighted by Gasteiger charge is -2.37. The zero-order valence-corrected chi connectivity index (χ0v) is 12.4. The van der Waals surface area contributed by atoms with E-state index in [0.29, 0.717) is 6.42 Å². The van der Waals surface area contributed by atoms with Gasteiger partial charge in [-0.05, 0) is 37.3 Å². The van der Waals surface area contributed by atoms with E-state index in [1.807, 2.05) is 38.4 Å². The average Bonchev–Trinajstić information content (AvgIpc) is 2.84. The molecule has 0 saturated heterocycles. The van der Waals surface area contributed by atoms with Gasteiger partial charge in [-0.3, -0.25) is 4.68 Å². The Morgan fingerprint density at radius 3 is 2.86 bits per heavy atom. The predicted molar refractivity (Wildman–Crippen MR) is 79.6 cm³/mol. The number of nitriles is 1. The van der Waals surface area contributed by atoms with Crippen molar-refractivity contribution in [2.75, 3.05) is 0 Å². The summed E-state index contributed by atoms with van der Waals surface area (Å²) in [6, 6.07) is 10.4. The third-order valence-electron chi connectivity index (χ3n) is 4.53. The minimum absolute atomic E-state index is 0.677. The summed E-state index contributed by atoms with van der Waals surface area (Å²) in [6.07, 6.45) is 3.53. The molecule has 4 nitrogen and oxygen atoms in total. The average molecular weight is 281 g/mol. The van der Waals surface area contributed by atoms with Crippen LogP contribution in [0.2, 0.25) is 0 Å². The van der Waals surface area contributed by atoms with Gasteiger partial charge in [-0.1, -0.05) is 24.3 Å². The molecule has 4 heteroatoms. The highest BCUT2D eigenvalue weighted by atomic mass is 16.3. The number of aliphatic hydroxyl groups excluding tert-OH is 1. The van der Waals surface area contributed by atoms with E-state index in [2.05, 4.69) is 17.2 Å². The second-order valence-electron chi connectivity index (χ2n) is 5.84. The summed E-state index contributed by atoms with van der Waals surface area (Å²) in [5, 5.41) is 25.1. The zero-order chi connectivity index (χ0) is 15.0. The number of aromatic nitrogens is 2. The van der Waals surface area contributed by atoms with Crippen LogP contribution in [-0.2, 0) is 18.9 Å². The van der Waals surface area contributed by atoms with E-state index in [-0.39, 0.29) is 0 Å². The summed E-state index contributed by atoms with van der Waals surface area (Å²) in [4.78, 5) is 0. The number of aryl methyl sites for hydroxylation is 3. The Bertz CT molecular complexity index is 713. The SMILES string of the molecule is Cc1nn(C)cc1C(O)C1(C#N)CCCc2ccccc21. The van der Waals surface area contributed by atoms with E-state index in [9.17, 15) is 10.4 Å². The quantitative estimate of drug-likeness (QED) is 0.920. The van der Waals surface area contributed by atoms with Crippen molar-refractivity contribution in [1.82, 2.24) is 9.78 Å². The molecule has 0 fully saturated rings. The molecule has 2 atom stereocenters. The van der Waals surface area contributed by atoms with Crippen molar-refractivity contribution in [1.29, 1.82) is 5.26 Å². The summed E-state index contributed by atoms with van der Waals surface area (Å²) in [5.41, 5.74) is 2.79. The van der Waals surface area contributed by atoms with E-state index in [0.717, 1.165) is 29.7 Å². The number of hydrogen-bond donors (Lipinski definition) is 1. The fourth-order valence-electron chi connectivity index (χ4n) is 3.48. The van der Waals surface area contributed by atoms with Crippen molar-refractivity contribution in [3.63, 3.8) is 0 Å². The number of nitrogens with zero attached hydrogens (tertiary/aromatic N) is 3. The molecule has 1 aromatic carbocycles. The molecule has 1 aliphatic carbocycles. The molecule has 2 aromatic rings. The minimum Gasteiger partial charge on any atom is -0.386 e. The summed E-state index contributed by atoms with van der Waals surface area (Å²) in [5.74, 6) is 0. The van der Waals surface area contributed by atoms with Gasteiger partial charge in [0.2, 0.25) is 0 Å². The third-order valence-corrected chi connectivity index (χ3v) is 4.53. The molecule has 0 amide bonds. The Balaban J connectivity index is 2.14. The fraction of sp³-hybridized carbons (Fsp3) is 0.412. The first-order valence-corrected chi connectivity index (χ1v) is 7.26. The predicted octanol–water partition coefficient (Wildman–Crippen LogP) is 2.56. The van der Waals surface area contributed by atoms with Crippen LogP contribution in [-0.4, -0.2) is 14.9 Å². The molecular weight excluding hydrogens is 262 g/mol. The van der Waals surface area contributed by atoms with Crippen molar-refractivity contribution in [3.05, 3.63) is 52.8 Å². The highest BCUT2D eigenvalue weighted by molar-refractivity contribution is 5.45. The van der Waals surface area contributed by atoms with Crippen LogP contribution in [0, 0.1) is 18.3 Å². The Labute approximate surface area is 124 Å². The van der Waals surface area contributed by atoms with Crippen LogP contribution in [0.25, 0.3) is 0 Å². The minimum atomic E-state index is -0.872. The molecule has 1 aliphatic rings. The van der Waals surface area contributed by atoms with Crippen LogP contribution in [0.1, 0.15) is 41.3 Å². The summed E-state index contributed by atoms with van der Waals surface area (Å²) < 4.78 is 1.69. The number of hydrogen-bond acceptors (Lipinski definition) is 3. The molecule has 0 aliphatic heterocycles. The van der Waals surface area contributed by atoms with Gasteiger partial charge in [-0.2, -0.15) is 10.4 Å². The van der Waals surface area contributed by atoms with Crippen LogP contribution in [0.5, 0.6) is 0 Å². The second-order valence-corrected chi connectivity index (χ2v) is 5.84. The van der Waals surface area contributed by atoms with Gasteiger partial charge in [0.15, 0.2) is 0 Å². The summed E-state index contributed by atoms with van der Waals surface area (Å²) in [6.45, 7) is 1.87. The second kappa shape index (κ2) is 5.01. The van der Waals surface area contributed by atoms with Crippen molar-refractivity contribution in [2.45, 2.75) is 37.7 Å². The zero-order valence-electron chi connectivity index (χ0n) is 12.4. The Kier molecular flexibility index (Phi) is 3.30. The molecule has 108 valence electrons. The third kappa shape index (κ3) is 2.05. The van der Waals surface area contributed by atoms with E-state index >= 15 is 0 Å². The highest BCUT2D eigenvalue weighted by Gasteiger charge is 2.44. The molecule has 1 aromatic heterocycles. The molecule has 0 saturated carbocycles. The standard InChI is InChI=1S/C17H19N3O/c1-12-14(10-20(2)19-12)16(21)17(11-18)9-5-7-13-6-3-4-8-15(13)17/h3-4,6,8,10,16,21H,5,7,9H2,1-2H3. The monoisotopic (exact) mass is 281 g/mol. The Morgan fingerprint density at radius 1 is 1.43 bits per heavy atom. The van der Waals surface area contributed by atoms with Gasteiger partial charge in [0.25, 0.3) is 0 Å². The van der Waals surface area contributed by atoms with Gasteiger partial charge >= 0.3 is 0 Å². The lowest BCUT2D eigenvalue weighted by molar-refractivity contribution is 0.0989. The fourth-order valence-corrected chi connectivity index (χ4v) is 3.48. The van der Waals surface area contributed by atoms with Crippen LogP contribution < -0.4 is 0 Å². The van der Waals surface area contributed by atoms with Crippen LogP contribution >= 0.6 is 0 Å². The first kappa shape index (κ1) is 13.8. The summed E-state index contributed by atoms with van der Waals surface area (Å²) in [7, 11) is 1.83. The molecule has 0 spiro atoms. The van der Waals surface area contributed by atoms with E-state index in [1.54, 1.807) is 4.68 Å². The maximum atomic E-state index is 11.0. The number of benzene rings is 1. The molecular formula is C17H19N3O. The van der Waals surface area contributed by atoms with Crippen LogP contribution in [0.3, 0.4) is 0 Å². The molecule has 21 heavy (non-hydrogen) atoms. The van der Waals surface area contributed by atoms with Crippen LogP contribution in [0.4, 0.5) is 0 Å². The van der Waals surface area contributed by atoms with Gasteiger partial charge in [-0.15, -0.1) is 0 Å². The molecule has 1 N–H and O–H groups in total. The normalized spacial score (nSPS) is 22.4. The lowest BCUT2D eigenvalue weighted by atomic mass is 9.66. The van der Waals surface area contributed by atoms with E-state index in [1.165, 1.54) is 5.56 Å². The molecule has 0 radical (unpaired) electrons. The van der Waals surface area contributed by atoms with Gasteiger partial charge in [0.05, 0.1) is 11.8 Å². The molecule has 0 bridgehead atoms. The Hall–Kier alpha value is -2.12.